The average Bonchev–Trinajstić information content (AvgIpc) is 2.58. The lowest BCUT2D eigenvalue weighted by atomic mass is 10.0. The maximum absolute atomic E-state index is 2.49. The summed E-state index contributed by atoms with van der Waals surface area (Å²) < 4.78 is 0. The lowest BCUT2D eigenvalue weighted by Crippen LogP contribution is -2.26. The van der Waals surface area contributed by atoms with Gasteiger partial charge in [-0.05, 0) is 44.6 Å². The van der Waals surface area contributed by atoms with E-state index in [1.807, 2.05) is 0 Å². The third kappa shape index (κ3) is 1.36. The summed E-state index contributed by atoms with van der Waals surface area (Å²) in [5.41, 5.74) is 1.65. The SMILES string of the molecule is CN1C=C(C2CCCN2C)CC1. The van der Waals surface area contributed by atoms with E-state index >= 15 is 0 Å². The molecule has 2 aliphatic rings. The average molecular weight is 166 g/mol. The predicted molar refractivity (Wildman–Crippen MR) is 51.0 cm³/mol. The van der Waals surface area contributed by atoms with E-state index < -0.39 is 0 Å². The van der Waals surface area contributed by atoms with Gasteiger partial charge in [0.25, 0.3) is 0 Å². The zero-order valence-corrected chi connectivity index (χ0v) is 8.08. The molecule has 1 fully saturated rings. The largest absolute Gasteiger partial charge is 0.380 e. The molecule has 0 aromatic rings. The highest BCUT2D eigenvalue weighted by Gasteiger charge is 2.26. The molecular formula is C10H18N2. The maximum Gasteiger partial charge on any atom is 0.0322 e. The van der Waals surface area contributed by atoms with Crippen molar-refractivity contribution in [1.29, 1.82) is 0 Å². The highest BCUT2D eigenvalue weighted by atomic mass is 15.2. The first-order valence-corrected chi connectivity index (χ1v) is 4.88. The number of likely N-dealkylation sites (N-methyl/N-ethyl adjacent to an activating group) is 1. The third-order valence-electron chi connectivity index (χ3n) is 3.09. The molecule has 0 bridgehead atoms. The molecule has 0 aromatic heterocycles. The quantitative estimate of drug-likeness (QED) is 0.579. The minimum Gasteiger partial charge on any atom is -0.380 e. The summed E-state index contributed by atoms with van der Waals surface area (Å²) >= 11 is 0. The van der Waals surface area contributed by atoms with Gasteiger partial charge in [-0.3, -0.25) is 4.90 Å². The Balaban J connectivity index is 2.04. The van der Waals surface area contributed by atoms with Crippen molar-refractivity contribution >= 4 is 0 Å². The number of likely N-dealkylation sites (tertiary alicyclic amines) is 1. The van der Waals surface area contributed by atoms with Crippen LogP contribution in [-0.4, -0.2) is 43.0 Å². The van der Waals surface area contributed by atoms with Crippen molar-refractivity contribution in [2.75, 3.05) is 27.2 Å². The summed E-state index contributed by atoms with van der Waals surface area (Å²) in [5, 5.41) is 0. The van der Waals surface area contributed by atoms with Gasteiger partial charge in [-0.1, -0.05) is 0 Å². The number of rotatable bonds is 1. The van der Waals surface area contributed by atoms with Gasteiger partial charge in [0.2, 0.25) is 0 Å². The van der Waals surface area contributed by atoms with E-state index in [1.54, 1.807) is 5.57 Å². The number of hydrogen-bond acceptors (Lipinski definition) is 2. The molecule has 1 unspecified atom stereocenters. The van der Waals surface area contributed by atoms with Gasteiger partial charge in [-0.2, -0.15) is 0 Å². The molecule has 0 N–H and O–H groups in total. The van der Waals surface area contributed by atoms with Crippen LogP contribution in [-0.2, 0) is 0 Å². The van der Waals surface area contributed by atoms with Crippen LogP contribution in [0.15, 0.2) is 11.8 Å². The van der Waals surface area contributed by atoms with Crippen LogP contribution in [0.4, 0.5) is 0 Å². The Morgan fingerprint density at radius 3 is 2.67 bits per heavy atom. The summed E-state index contributed by atoms with van der Waals surface area (Å²) in [6.07, 6.45) is 6.37. The molecule has 0 spiro atoms. The van der Waals surface area contributed by atoms with Gasteiger partial charge in [0.05, 0.1) is 0 Å². The van der Waals surface area contributed by atoms with Crippen molar-refractivity contribution in [2.45, 2.75) is 25.3 Å². The molecule has 12 heavy (non-hydrogen) atoms. The van der Waals surface area contributed by atoms with Gasteiger partial charge in [0, 0.05) is 19.6 Å². The van der Waals surface area contributed by atoms with Crippen molar-refractivity contribution < 1.29 is 0 Å². The fourth-order valence-corrected chi connectivity index (χ4v) is 2.35. The van der Waals surface area contributed by atoms with Crippen molar-refractivity contribution in [3.05, 3.63) is 11.8 Å². The molecule has 2 rings (SSSR count). The first kappa shape index (κ1) is 8.11. The molecular weight excluding hydrogens is 148 g/mol. The summed E-state index contributed by atoms with van der Waals surface area (Å²) in [5.74, 6) is 0. The highest BCUT2D eigenvalue weighted by molar-refractivity contribution is 5.16. The van der Waals surface area contributed by atoms with E-state index in [2.05, 4.69) is 30.1 Å². The standard InChI is InChI=1S/C10H18N2/c1-11-7-5-9(8-11)10-4-3-6-12(10)2/h8,10H,3-7H2,1-2H3. The maximum atomic E-state index is 2.49. The number of hydrogen-bond donors (Lipinski definition) is 0. The molecule has 0 radical (unpaired) electrons. The van der Waals surface area contributed by atoms with Crippen molar-refractivity contribution in [3.8, 4) is 0 Å². The van der Waals surface area contributed by atoms with Crippen molar-refractivity contribution in [1.82, 2.24) is 9.80 Å². The Morgan fingerprint density at radius 1 is 1.33 bits per heavy atom. The van der Waals surface area contributed by atoms with E-state index in [9.17, 15) is 0 Å². The second-order valence-corrected chi connectivity index (χ2v) is 4.07. The molecule has 0 saturated carbocycles. The molecule has 2 nitrogen and oxygen atoms in total. The fourth-order valence-electron chi connectivity index (χ4n) is 2.35. The van der Waals surface area contributed by atoms with E-state index in [1.165, 1.54) is 32.4 Å². The van der Waals surface area contributed by atoms with Crippen LogP contribution in [0.5, 0.6) is 0 Å². The first-order chi connectivity index (χ1) is 5.77. The minimum atomic E-state index is 0.759. The molecule has 2 heterocycles. The van der Waals surface area contributed by atoms with Gasteiger partial charge >= 0.3 is 0 Å². The Kier molecular flexibility index (Phi) is 2.09. The molecule has 2 heteroatoms. The fraction of sp³-hybridized carbons (Fsp3) is 0.800. The normalized spacial score (nSPS) is 31.3. The van der Waals surface area contributed by atoms with E-state index in [-0.39, 0.29) is 0 Å². The van der Waals surface area contributed by atoms with E-state index in [4.69, 9.17) is 0 Å². The Bertz CT molecular complexity index is 198. The lowest BCUT2D eigenvalue weighted by Gasteiger charge is -2.19. The first-order valence-electron chi connectivity index (χ1n) is 4.88. The molecule has 2 aliphatic heterocycles. The van der Waals surface area contributed by atoms with Gasteiger partial charge in [0.1, 0.15) is 0 Å². The minimum absolute atomic E-state index is 0.759. The van der Waals surface area contributed by atoms with Crippen LogP contribution < -0.4 is 0 Å². The van der Waals surface area contributed by atoms with Crippen LogP contribution in [0.1, 0.15) is 19.3 Å². The smallest absolute Gasteiger partial charge is 0.0322 e. The zero-order chi connectivity index (χ0) is 8.55. The number of nitrogens with zero attached hydrogens (tertiary/aromatic N) is 2. The monoisotopic (exact) mass is 166 g/mol. The van der Waals surface area contributed by atoms with E-state index in [0.29, 0.717) is 0 Å². The van der Waals surface area contributed by atoms with Gasteiger partial charge in [-0.15, -0.1) is 0 Å². The van der Waals surface area contributed by atoms with Gasteiger partial charge < -0.3 is 4.90 Å². The Hall–Kier alpha value is -0.500. The summed E-state index contributed by atoms with van der Waals surface area (Å²) in [6.45, 7) is 2.51. The van der Waals surface area contributed by atoms with Crippen molar-refractivity contribution in [2.24, 2.45) is 0 Å². The topological polar surface area (TPSA) is 6.48 Å². The molecule has 0 aromatic carbocycles. The Labute approximate surface area is 74.8 Å². The molecule has 68 valence electrons. The summed E-state index contributed by atoms with van der Waals surface area (Å²) in [4.78, 5) is 4.80. The summed E-state index contributed by atoms with van der Waals surface area (Å²) in [6, 6.07) is 0.759. The van der Waals surface area contributed by atoms with Gasteiger partial charge in [0.15, 0.2) is 0 Å². The van der Waals surface area contributed by atoms with Crippen LogP contribution in [0.3, 0.4) is 0 Å². The van der Waals surface area contributed by atoms with E-state index in [0.717, 1.165) is 6.04 Å². The molecule has 0 aliphatic carbocycles. The van der Waals surface area contributed by atoms with Crippen LogP contribution in [0.2, 0.25) is 0 Å². The van der Waals surface area contributed by atoms with Crippen LogP contribution >= 0.6 is 0 Å². The zero-order valence-electron chi connectivity index (χ0n) is 8.08. The van der Waals surface area contributed by atoms with Gasteiger partial charge in [-0.25, -0.2) is 0 Å². The second kappa shape index (κ2) is 3.09. The molecule has 0 amide bonds. The Morgan fingerprint density at radius 2 is 2.17 bits per heavy atom. The highest BCUT2D eigenvalue weighted by Crippen LogP contribution is 2.27. The van der Waals surface area contributed by atoms with Crippen LogP contribution in [0, 0.1) is 0 Å². The molecule has 1 atom stereocenters. The van der Waals surface area contributed by atoms with Crippen LogP contribution in [0.25, 0.3) is 0 Å². The second-order valence-electron chi connectivity index (χ2n) is 4.07. The summed E-state index contributed by atoms with van der Waals surface area (Å²) in [7, 11) is 4.42. The predicted octanol–water partition coefficient (Wildman–Crippen LogP) is 1.30. The molecule has 1 saturated heterocycles. The lowest BCUT2D eigenvalue weighted by molar-refractivity contribution is 0.342. The van der Waals surface area contributed by atoms with Crippen molar-refractivity contribution in [3.63, 3.8) is 0 Å². The third-order valence-corrected chi connectivity index (χ3v) is 3.09.